The van der Waals surface area contributed by atoms with E-state index >= 15 is 0 Å². The first-order valence-corrected chi connectivity index (χ1v) is 8.55. The van der Waals surface area contributed by atoms with Crippen molar-refractivity contribution in [1.29, 1.82) is 0 Å². The van der Waals surface area contributed by atoms with Crippen LogP contribution in [0.15, 0.2) is 18.5 Å². The summed E-state index contributed by atoms with van der Waals surface area (Å²) in [6, 6.07) is 2.17. The molecule has 1 fully saturated rings. The van der Waals surface area contributed by atoms with E-state index in [1.54, 1.807) is 21.8 Å². The van der Waals surface area contributed by atoms with Crippen LogP contribution in [0.4, 0.5) is 4.79 Å². The number of aromatic nitrogens is 3. The molecule has 0 spiro atoms. The van der Waals surface area contributed by atoms with E-state index < -0.39 is 5.60 Å². The molecule has 0 aromatic carbocycles. The third kappa shape index (κ3) is 3.64. The molecule has 1 aliphatic carbocycles. The van der Waals surface area contributed by atoms with Crippen LogP contribution in [0.3, 0.4) is 0 Å². The molecule has 1 saturated carbocycles. The van der Waals surface area contributed by atoms with Gasteiger partial charge >= 0.3 is 6.09 Å². The van der Waals surface area contributed by atoms with Crippen molar-refractivity contribution in [2.24, 2.45) is 5.92 Å². The van der Waals surface area contributed by atoms with Gasteiger partial charge < -0.3 is 9.64 Å². The lowest BCUT2D eigenvalue weighted by Crippen LogP contribution is -2.47. The molecule has 2 aromatic heterocycles. The quantitative estimate of drug-likeness (QED) is 0.849. The minimum absolute atomic E-state index is 0.227. The zero-order chi connectivity index (χ0) is 17.5. The number of nitrogens with zero attached hydrogens (tertiary/aromatic N) is 4. The Kier molecular flexibility index (Phi) is 4.42. The third-order valence-electron chi connectivity index (χ3n) is 4.36. The average Bonchev–Trinajstić information content (AvgIpc) is 2.87. The van der Waals surface area contributed by atoms with Crippen LogP contribution in [0.5, 0.6) is 0 Å². The molecule has 0 N–H and O–H groups in total. The molecule has 0 radical (unpaired) electrons. The first kappa shape index (κ1) is 17.0. The zero-order valence-corrected chi connectivity index (χ0v) is 15.2. The number of hydrogen-bond acceptors (Lipinski definition) is 4. The first-order chi connectivity index (χ1) is 11.2. The second-order valence-corrected chi connectivity index (χ2v) is 7.85. The molecular formula is C17H23ClN4O2. The Morgan fingerprint density at radius 2 is 2.17 bits per heavy atom. The third-order valence-corrected chi connectivity index (χ3v) is 4.54. The van der Waals surface area contributed by atoms with Gasteiger partial charge in [0.2, 0.25) is 0 Å². The highest BCUT2D eigenvalue weighted by atomic mass is 35.5. The number of halogens is 1. The van der Waals surface area contributed by atoms with Crippen LogP contribution in [-0.2, 0) is 11.2 Å². The van der Waals surface area contributed by atoms with Crippen molar-refractivity contribution in [2.75, 3.05) is 7.05 Å². The van der Waals surface area contributed by atoms with Gasteiger partial charge in [-0.2, -0.15) is 5.10 Å². The van der Waals surface area contributed by atoms with Gasteiger partial charge in [-0.15, -0.1) is 0 Å². The van der Waals surface area contributed by atoms with Gasteiger partial charge in [-0.05, 0) is 52.0 Å². The van der Waals surface area contributed by atoms with Crippen molar-refractivity contribution in [3.63, 3.8) is 0 Å². The van der Waals surface area contributed by atoms with E-state index in [1.165, 1.54) is 0 Å². The second kappa shape index (κ2) is 6.24. The number of rotatable bonds is 3. The van der Waals surface area contributed by atoms with Crippen LogP contribution < -0.4 is 0 Å². The van der Waals surface area contributed by atoms with Gasteiger partial charge in [0, 0.05) is 13.1 Å². The van der Waals surface area contributed by atoms with Crippen LogP contribution in [0.25, 0.3) is 5.52 Å². The topological polar surface area (TPSA) is 59.7 Å². The van der Waals surface area contributed by atoms with E-state index in [9.17, 15) is 4.79 Å². The number of ether oxygens (including phenoxy) is 1. The molecule has 24 heavy (non-hydrogen) atoms. The minimum Gasteiger partial charge on any atom is -0.444 e. The lowest BCUT2D eigenvalue weighted by atomic mass is 9.77. The summed E-state index contributed by atoms with van der Waals surface area (Å²) < 4.78 is 7.18. The van der Waals surface area contributed by atoms with E-state index in [0.29, 0.717) is 11.1 Å². The van der Waals surface area contributed by atoms with Crippen molar-refractivity contribution >= 4 is 23.2 Å². The maximum absolute atomic E-state index is 12.1. The van der Waals surface area contributed by atoms with E-state index in [-0.39, 0.29) is 12.1 Å². The second-order valence-electron chi connectivity index (χ2n) is 7.46. The van der Waals surface area contributed by atoms with Gasteiger partial charge in [-0.3, -0.25) is 0 Å². The molecule has 7 heteroatoms. The predicted octanol–water partition coefficient (Wildman–Crippen LogP) is 3.57. The molecule has 1 amide bonds. The van der Waals surface area contributed by atoms with Gasteiger partial charge in [0.25, 0.3) is 0 Å². The molecule has 3 rings (SSSR count). The largest absolute Gasteiger partial charge is 0.444 e. The normalized spacial score (nSPS) is 20.7. The summed E-state index contributed by atoms with van der Waals surface area (Å²) in [6.07, 6.45) is 5.94. The predicted molar refractivity (Wildman–Crippen MR) is 92.2 cm³/mol. The number of amides is 1. The number of hydrogen-bond donors (Lipinski definition) is 0. The van der Waals surface area contributed by atoms with Crippen molar-refractivity contribution in [3.8, 4) is 0 Å². The summed E-state index contributed by atoms with van der Waals surface area (Å²) in [6.45, 7) is 5.64. The summed E-state index contributed by atoms with van der Waals surface area (Å²) >= 11 is 6.07. The standard InChI is InChI=1S/C17H23ClN4O2/c1-17(2,3)24-16(23)21(4)12-7-11(8-12)9-13-14-5-6-19-22(14)10-15(18)20-13/h5-6,10-12H,7-9H2,1-4H3. The molecule has 2 heterocycles. The first-order valence-electron chi connectivity index (χ1n) is 8.17. The van der Waals surface area contributed by atoms with Crippen LogP contribution >= 0.6 is 11.6 Å². The Morgan fingerprint density at radius 1 is 1.46 bits per heavy atom. The summed E-state index contributed by atoms with van der Waals surface area (Å²) in [5.74, 6) is 0.490. The van der Waals surface area contributed by atoms with Gasteiger partial charge in [0.15, 0.2) is 0 Å². The maximum atomic E-state index is 12.1. The van der Waals surface area contributed by atoms with E-state index in [2.05, 4.69) is 10.1 Å². The Morgan fingerprint density at radius 3 is 2.83 bits per heavy atom. The van der Waals surface area contributed by atoms with Crippen LogP contribution in [0, 0.1) is 5.92 Å². The summed E-state index contributed by atoms with van der Waals surface area (Å²) in [7, 11) is 1.81. The summed E-state index contributed by atoms with van der Waals surface area (Å²) in [5, 5.41) is 4.66. The molecule has 0 atom stereocenters. The number of carbonyl (C=O) groups excluding carboxylic acids is 1. The fourth-order valence-electron chi connectivity index (χ4n) is 3.05. The van der Waals surface area contributed by atoms with Gasteiger partial charge in [-0.1, -0.05) is 11.6 Å². The zero-order valence-electron chi connectivity index (χ0n) is 14.5. The molecule has 2 aromatic rings. The van der Waals surface area contributed by atoms with Crippen molar-refractivity contribution in [1.82, 2.24) is 19.5 Å². The van der Waals surface area contributed by atoms with E-state index in [4.69, 9.17) is 16.3 Å². The molecule has 130 valence electrons. The lowest BCUT2D eigenvalue weighted by Gasteiger charge is -2.41. The van der Waals surface area contributed by atoms with Crippen molar-refractivity contribution < 1.29 is 9.53 Å². The average molecular weight is 351 g/mol. The number of carbonyl (C=O) groups is 1. The molecule has 0 saturated heterocycles. The van der Waals surface area contributed by atoms with Crippen molar-refractivity contribution in [3.05, 3.63) is 29.3 Å². The van der Waals surface area contributed by atoms with Gasteiger partial charge in [0.1, 0.15) is 10.8 Å². The molecule has 0 aliphatic heterocycles. The summed E-state index contributed by atoms with van der Waals surface area (Å²) in [5.41, 5.74) is 1.49. The number of fused-ring (bicyclic) bond motifs is 1. The van der Waals surface area contributed by atoms with Crippen LogP contribution in [0.1, 0.15) is 39.3 Å². The molecule has 1 aliphatic rings. The Balaban J connectivity index is 1.59. The molecular weight excluding hydrogens is 328 g/mol. The lowest BCUT2D eigenvalue weighted by molar-refractivity contribution is 0.00661. The molecule has 0 unspecified atom stereocenters. The van der Waals surface area contributed by atoms with Crippen LogP contribution in [-0.4, -0.2) is 44.3 Å². The molecule has 6 nitrogen and oxygen atoms in total. The van der Waals surface area contributed by atoms with Crippen molar-refractivity contribution in [2.45, 2.75) is 51.7 Å². The summed E-state index contributed by atoms with van der Waals surface area (Å²) in [4.78, 5) is 18.3. The van der Waals surface area contributed by atoms with E-state index in [1.807, 2.05) is 33.9 Å². The fraction of sp³-hybridized carbons (Fsp3) is 0.588. The monoisotopic (exact) mass is 350 g/mol. The Labute approximate surface area is 146 Å². The molecule has 0 bridgehead atoms. The maximum Gasteiger partial charge on any atom is 0.410 e. The fourth-order valence-corrected chi connectivity index (χ4v) is 3.25. The highest BCUT2D eigenvalue weighted by Crippen LogP contribution is 2.35. The smallest absolute Gasteiger partial charge is 0.410 e. The van der Waals surface area contributed by atoms with Gasteiger partial charge in [-0.25, -0.2) is 14.3 Å². The van der Waals surface area contributed by atoms with Gasteiger partial charge in [0.05, 0.1) is 23.6 Å². The Hall–Kier alpha value is -1.82. The minimum atomic E-state index is -0.465. The van der Waals surface area contributed by atoms with E-state index in [0.717, 1.165) is 30.5 Å². The highest BCUT2D eigenvalue weighted by molar-refractivity contribution is 6.29. The van der Waals surface area contributed by atoms with Crippen LogP contribution in [0.2, 0.25) is 5.15 Å². The Bertz CT molecular complexity index is 747. The highest BCUT2D eigenvalue weighted by Gasteiger charge is 2.36. The SMILES string of the molecule is CN(C(=O)OC(C)(C)C)C1CC(Cc2nc(Cl)cn3nccc23)C1.